The van der Waals surface area contributed by atoms with Gasteiger partial charge in [-0.3, -0.25) is 4.79 Å². The van der Waals surface area contributed by atoms with Gasteiger partial charge in [0.1, 0.15) is 17.8 Å². The van der Waals surface area contributed by atoms with E-state index in [4.69, 9.17) is 19.1 Å². The van der Waals surface area contributed by atoms with Gasteiger partial charge in [-0.1, -0.05) is 6.42 Å². The molecule has 0 bridgehead atoms. The summed E-state index contributed by atoms with van der Waals surface area (Å²) in [5.74, 6) is 0.637. The maximum Gasteiger partial charge on any atom is 0.290 e. The highest BCUT2D eigenvalue weighted by atomic mass is 16.5. The average Bonchev–Trinajstić information content (AvgIpc) is 2.98. The summed E-state index contributed by atoms with van der Waals surface area (Å²) in [5.41, 5.74) is 0.585. The first-order chi connectivity index (χ1) is 10.7. The lowest BCUT2D eigenvalue weighted by atomic mass is 9.91. The molecular formula is C15H21N3O4. The third kappa shape index (κ3) is 3.73. The van der Waals surface area contributed by atoms with E-state index < -0.39 is 0 Å². The summed E-state index contributed by atoms with van der Waals surface area (Å²) in [4.78, 5) is 18.9. The first-order valence-corrected chi connectivity index (χ1v) is 7.26. The van der Waals surface area contributed by atoms with E-state index in [1.807, 2.05) is 6.07 Å². The number of likely N-dealkylation sites (N-methyl/N-ethyl adjacent to an activating group) is 1. The number of hydrogen-bond acceptors (Lipinski definition) is 6. The van der Waals surface area contributed by atoms with E-state index in [0.29, 0.717) is 17.6 Å². The number of nitrogens with zero attached hydrogens (tertiary/aromatic N) is 3. The van der Waals surface area contributed by atoms with Crippen molar-refractivity contribution in [3.8, 4) is 5.88 Å². The van der Waals surface area contributed by atoms with E-state index in [1.54, 1.807) is 6.26 Å². The second-order valence-electron chi connectivity index (χ2n) is 5.40. The number of hydrogen-bond donors (Lipinski definition) is 1. The molecule has 2 heterocycles. The Morgan fingerprint density at radius 1 is 1.36 bits per heavy atom. The minimum Gasteiger partial charge on any atom is -0.483 e. The molecule has 0 aromatic carbocycles. The number of carboxylic acid groups (broad SMARTS) is 1. The number of fused-ring (bicyclic) bond motifs is 1. The van der Waals surface area contributed by atoms with Gasteiger partial charge in [-0.25, -0.2) is 9.97 Å². The number of carbonyl (C=O) groups is 1. The molecule has 0 spiro atoms. The molecule has 0 amide bonds. The van der Waals surface area contributed by atoms with Crippen LogP contribution in [0.1, 0.15) is 25.7 Å². The molecule has 120 valence electrons. The van der Waals surface area contributed by atoms with E-state index in [9.17, 15) is 0 Å². The molecule has 7 heteroatoms. The SMILES string of the molecule is CN(C)C1CCCCC1Oc1ncnc2occc12.O=CO. The van der Waals surface area contributed by atoms with E-state index in [2.05, 4.69) is 29.0 Å². The third-order valence-corrected chi connectivity index (χ3v) is 3.82. The van der Waals surface area contributed by atoms with E-state index in [-0.39, 0.29) is 12.6 Å². The summed E-state index contributed by atoms with van der Waals surface area (Å²) >= 11 is 0. The van der Waals surface area contributed by atoms with Crippen LogP contribution in [0.2, 0.25) is 0 Å². The Kier molecular flexibility index (Phi) is 5.71. The Morgan fingerprint density at radius 3 is 2.82 bits per heavy atom. The molecular weight excluding hydrogens is 286 g/mol. The first kappa shape index (κ1) is 16.2. The molecule has 2 aromatic rings. The Labute approximate surface area is 128 Å². The highest BCUT2D eigenvalue weighted by molar-refractivity contribution is 5.78. The zero-order valence-electron chi connectivity index (χ0n) is 12.8. The molecule has 0 radical (unpaired) electrons. The standard InChI is InChI=1S/C14H19N3O2.CH2O2/c1-17(2)11-5-3-4-6-12(11)19-14-10-7-8-18-13(10)15-9-16-14;2-1-3/h7-9,11-12H,3-6H2,1-2H3;1H,(H,2,3). The van der Waals surface area contributed by atoms with Gasteiger partial charge >= 0.3 is 0 Å². The zero-order valence-corrected chi connectivity index (χ0v) is 12.8. The van der Waals surface area contributed by atoms with Crippen LogP contribution in [0.5, 0.6) is 5.88 Å². The Morgan fingerprint density at radius 2 is 2.09 bits per heavy atom. The fourth-order valence-electron chi connectivity index (χ4n) is 2.81. The van der Waals surface area contributed by atoms with Gasteiger partial charge in [-0.05, 0) is 39.4 Å². The second-order valence-corrected chi connectivity index (χ2v) is 5.40. The predicted octanol–water partition coefficient (Wildman–Crippen LogP) is 2.18. The Bertz CT molecular complexity index is 599. The van der Waals surface area contributed by atoms with Crippen LogP contribution in [0.15, 0.2) is 23.1 Å². The van der Waals surface area contributed by atoms with Crippen molar-refractivity contribution in [2.45, 2.75) is 37.8 Å². The van der Waals surface area contributed by atoms with Gasteiger partial charge in [-0.2, -0.15) is 0 Å². The minimum absolute atomic E-state index is 0.191. The van der Waals surface area contributed by atoms with Crippen LogP contribution in [0.25, 0.3) is 11.1 Å². The minimum atomic E-state index is -0.250. The number of rotatable bonds is 3. The summed E-state index contributed by atoms with van der Waals surface area (Å²) in [6.07, 6.45) is 8.05. The molecule has 1 saturated carbocycles. The molecule has 3 rings (SSSR count). The molecule has 1 aliphatic rings. The van der Waals surface area contributed by atoms with Crippen molar-refractivity contribution in [1.82, 2.24) is 14.9 Å². The Balaban J connectivity index is 0.000000545. The van der Waals surface area contributed by atoms with Crippen molar-refractivity contribution >= 4 is 17.6 Å². The summed E-state index contributed by atoms with van der Waals surface area (Å²) in [6, 6.07) is 2.31. The first-order valence-electron chi connectivity index (χ1n) is 7.26. The fraction of sp³-hybridized carbons (Fsp3) is 0.533. The smallest absolute Gasteiger partial charge is 0.290 e. The van der Waals surface area contributed by atoms with Gasteiger partial charge in [0.05, 0.1) is 6.26 Å². The normalized spacial score (nSPS) is 21.2. The number of furan rings is 1. The van der Waals surface area contributed by atoms with Crippen LogP contribution in [0, 0.1) is 0 Å². The lowest BCUT2D eigenvalue weighted by molar-refractivity contribution is -0.122. The lowest BCUT2D eigenvalue weighted by Gasteiger charge is -2.35. The zero-order chi connectivity index (χ0) is 15.9. The van der Waals surface area contributed by atoms with Crippen molar-refractivity contribution in [1.29, 1.82) is 0 Å². The lowest BCUT2D eigenvalue weighted by Crippen LogP contribution is -2.44. The second kappa shape index (κ2) is 7.74. The number of aromatic nitrogens is 2. The number of ether oxygens (including phenoxy) is 1. The molecule has 22 heavy (non-hydrogen) atoms. The summed E-state index contributed by atoms with van der Waals surface area (Å²) < 4.78 is 11.4. The largest absolute Gasteiger partial charge is 0.483 e. The Hall–Kier alpha value is -2.15. The molecule has 1 N–H and O–H groups in total. The van der Waals surface area contributed by atoms with Crippen molar-refractivity contribution in [3.63, 3.8) is 0 Å². The van der Waals surface area contributed by atoms with Crippen molar-refractivity contribution in [2.24, 2.45) is 0 Å². The maximum absolute atomic E-state index is 8.36. The van der Waals surface area contributed by atoms with Crippen molar-refractivity contribution < 1.29 is 19.1 Å². The van der Waals surface area contributed by atoms with Crippen LogP contribution in [0.3, 0.4) is 0 Å². The van der Waals surface area contributed by atoms with E-state index in [0.717, 1.165) is 11.8 Å². The van der Waals surface area contributed by atoms with Gasteiger partial charge in [-0.15, -0.1) is 0 Å². The molecule has 0 aliphatic heterocycles. The van der Waals surface area contributed by atoms with Gasteiger partial charge in [0.2, 0.25) is 11.6 Å². The van der Waals surface area contributed by atoms with Crippen LogP contribution >= 0.6 is 0 Å². The van der Waals surface area contributed by atoms with Gasteiger partial charge < -0.3 is 19.2 Å². The quantitative estimate of drug-likeness (QED) is 0.869. The third-order valence-electron chi connectivity index (χ3n) is 3.82. The molecule has 2 atom stereocenters. The van der Waals surface area contributed by atoms with Crippen LogP contribution in [0.4, 0.5) is 0 Å². The monoisotopic (exact) mass is 307 g/mol. The molecule has 1 aliphatic carbocycles. The molecule has 0 saturated heterocycles. The van der Waals surface area contributed by atoms with E-state index >= 15 is 0 Å². The topological polar surface area (TPSA) is 88.7 Å². The molecule has 2 aromatic heterocycles. The van der Waals surface area contributed by atoms with Crippen LogP contribution in [-0.2, 0) is 4.79 Å². The molecule has 1 fully saturated rings. The van der Waals surface area contributed by atoms with E-state index in [1.165, 1.54) is 25.6 Å². The van der Waals surface area contributed by atoms with Gasteiger partial charge in [0.15, 0.2) is 0 Å². The predicted molar refractivity (Wildman–Crippen MR) is 80.9 cm³/mol. The van der Waals surface area contributed by atoms with Gasteiger partial charge in [0.25, 0.3) is 6.47 Å². The van der Waals surface area contributed by atoms with Crippen molar-refractivity contribution in [3.05, 3.63) is 18.7 Å². The molecule has 7 nitrogen and oxygen atoms in total. The fourth-order valence-corrected chi connectivity index (χ4v) is 2.81. The summed E-state index contributed by atoms with van der Waals surface area (Å²) in [6.45, 7) is -0.250. The summed E-state index contributed by atoms with van der Waals surface area (Å²) in [7, 11) is 4.22. The van der Waals surface area contributed by atoms with Gasteiger partial charge in [0, 0.05) is 6.04 Å². The molecule has 2 unspecified atom stereocenters. The van der Waals surface area contributed by atoms with Crippen LogP contribution < -0.4 is 4.74 Å². The maximum atomic E-state index is 8.36. The highest BCUT2D eigenvalue weighted by Gasteiger charge is 2.29. The highest BCUT2D eigenvalue weighted by Crippen LogP contribution is 2.29. The van der Waals surface area contributed by atoms with Crippen LogP contribution in [-0.4, -0.2) is 52.7 Å². The summed E-state index contributed by atoms with van der Waals surface area (Å²) in [5, 5.41) is 7.74. The van der Waals surface area contributed by atoms with Crippen molar-refractivity contribution in [2.75, 3.05) is 14.1 Å². The average molecular weight is 307 g/mol.